The molecule has 0 N–H and O–H groups in total. The standard InChI is InChI=1S/C18H19F3N4O/c19-18(20,21)15-12-22-17(23-13-15)25-10-8-24(9-11-25)16(26)7-6-14-4-2-1-3-5-14/h1-5,12-13H,6-11H2. The van der Waals surface area contributed by atoms with E-state index >= 15 is 0 Å². The van der Waals surface area contributed by atoms with Gasteiger partial charge in [0.15, 0.2) is 0 Å². The molecule has 1 aliphatic rings. The Kier molecular flexibility index (Phi) is 5.39. The molecule has 0 spiro atoms. The number of carbonyl (C=O) groups excluding carboxylic acids is 1. The number of carbonyl (C=O) groups is 1. The zero-order valence-corrected chi connectivity index (χ0v) is 14.1. The van der Waals surface area contributed by atoms with Crippen molar-refractivity contribution in [1.82, 2.24) is 14.9 Å². The molecule has 5 nitrogen and oxygen atoms in total. The van der Waals surface area contributed by atoms with Gasteiger partial charge in [0.1, 0.15) is 0 Å². The molecule has 0 saturated carbocycles. The molecule has 8 heteroatoms. The van der Waals surface area contributed by atoms with Gasteiger partial charge in [-0.15, -0.1) is 0 Å². The van der Waals surface area contributed by atoms with E-state index in [2.05, 4.69) is 9.97 Å². The second-order valence-corrected chi connectivity index (χ2v) is 6.12. The minimum atomic E-state index is -4.44. The zero-order valence-electron chi connectivity index (χ0n) is 14.1. The Bertz CT molecular complexity index is 726. The summed E-state index contributed by atoms with van der Waals surface area (Å²) in [7, 11) is 0. The van der Waals surface area contributed by atoms with Gasteiger partial charge < -0.3 is 9.80 Å². The number of amides is 1. The molecule has 3 rings (SSSR count). The molecule has 2 heterocycles. The van der Waals surface area contributed by atoms with Crippen LogP contribution >= 0.6 is 0 Å². The number of nitrogens with zero attached hydrogens (tertiary/aromatic N) is 4. The van der Waals surface area contributed by atoms with E-state index in [0.29, 0.717) is 39.0 Å². The van der Waals surface area contributed by atoms with Gasteiger partial charge in [0.05, 0.1) is 5.56 Å². The Morgan fingerprint density at radius 2 is 1.62 bits per heavy atom. The third-order valence-electron chi connectivity index (χ3n) is 4.35. The summed E-state index contributed by atoms with van der Waals surface area (Å²) < 4.78 is 37.7. The van der Waals surface area contributed by atoms with Gasteiger partial charge in [-0.25, -0.2) is 9.97 Å². The number of piperazine rings is 1. The fourth-order valence-electron chi connectivity index (χ4n) is 2.84. The summed E-state index contributed by atoms with van der Waals surface area (Å²) >= 11 is 0. The number of aryl methyl sites for hydroxylation is 1. The van der Waals surface area contributed by atoms with Gasteiger partial charge in [-0.05, 0) is 12.0 Å². The van der Waals surface area contributed by atoms with Crippen LogP contribution in [0.15, 0.2) is 42.7 Å². The largest absolute Gasteiger partial charge is 0.419 e. The summed E-state index contributed by atoms with van der Waals surface area (Å²) in [5, 5.41) is 0. The molecule has 1 aliphatic heterocycles. The highest BCUT2D eigenvalue weighted by molar-refractivity contribution is 5.76. The maximum Gasteiger partial charge on any atom is 0.419 e. The van der Waals surface area contributed by atoms with Crippen molar-refractivity contribution in [3.63, 3.8) is 0 Å². The molecule has 0 radical (unpaired) electrons. The Morgan fingerprint density at radius 3 is 2.19 bits per heavy atom. The molecule has 1 saturated heterocycles. The molecule has 138 valence electrons. The second-order valence-electron chi connectivity index (χ2n) is 6.12. The van der Waals surface area contributed by atoms with E-state index in [0.717, 1.165) is 18.0 Å². The lowest BCUT2D eigenvalue weighted by Gasteiger charge is -2.34. The molecule has 2 aromatic rings. The first-order chi connectivity index (χ1) is 12.4. The van der Waals surface area contributed by atoms with Gasteiger partial charge in [0, 0.05) is 45.0 Å². The van der Waals surface area contributed by atoms with Crippen LogP contribution in [-0.2, 0) is 17.4 Å². The van der Waals surface area contributed by atoms with Crippen LogP contribution in [0.3, 0.4) is 0 Å². The van der Waals surface area contributed by atoms with Crippen molar-refractivity contribution in [2.24, 2.45) is 0 Å². The third kappa shape index (κ3) is 4.50. The van der Waals surface area contributed by atoms with E-state index in [1.165, 1.54) is 0 Å². The second kappa shape index (κ2) is 7.72. The molecular weight excluding hydrogens is 345 g/mol. The van der Waals surface area contributed by atoms with E-state index in [4.69, 9.17) is 0 Å². The lowest BCUT2D eigenvalue weighted by atomic mass is 10.1. The first kappa shape index (κ1) is 18.2. The average molecular weight is 364 g/mol. The predicted octanol–water partition coefficient (Wildman–Crippen LogP) is 2.78. The number of hydrogen-bond acceptors (Lipinski definition) is 4. The van der Waals surface area contributed by atoms with Crippen molar-refractivity contribution in [1.29, 1.82) is 0 Å². The molecule has 0 aliphatic carbocycles. The minimum absolute atomic E-state index is 0.0850. The molecular formula is C18H19F3N4O. The number of benzene rings is 1. The smallest absolute Gasteiger partial charge is 0.339 e. The van der Waals surface area contributed by atoms with Crippen LogP contribution in [0.1, 0.15) is 17.5 Å². The van der Waals surface area contributed by atoms with E-state index < -0.39 is 11.7 Å². The number of alkyl halides is 3. The molecule has 1 amide bonds. The molecule has 1 aromatic heterocycles. The summed E-state index contributed by atoms with van der Waals surface area (Å²) in [6, 6.07) is 9.82. The van der Waals surface area contributed by atoms with Gasteiger partial charge in [-0.3, -0.25) is 4.79 Å². The van der Waals surface area contributed by atoms with Crippen LogP contribution in [0.4, 0.5) is 19.1 Å². The number of aromatic nitrogens is 2. The monoisotopic (exact) mass is 364 g/mol. The molecule has 0 bridgehead atoms. The fraction of sp³-hybridized carbons (Fsp3) is 0.389. The molecule has 1 aromatic carbocycles. The number of hydrogen-bond donors (Lipinski definition) is 0. The van der Waals surface area contributed by atoms with Gasteiger partial charge >= 0.3 is 6.18 Å². The topological polar surface area (TPSA) is 49.3 Å². The normalized spacial score (nSPS) is 15.2. The summed E-state index contributed by atoms with van der Waals surface area (Å²) in [6.07, 6.45) is -1.72. The molecule has 1 fully saturated rings. The van der Waals surface area contributed by atoms with E-state index in [1.807, 2.05) is 30.3 Å². The first-order valence-corrected chi connectivity index (χ1v) is 8.39. The van der Waals surface area contributed by atoms with Crippen molar-refractivity contribution < 1.29 is 18.0 Å². The number of anilines is 1. The summed E-state index contributed by atoms with van der Waals surface area (Å²) in [4.78, 5) is 23.5. The van der Waals surface area contributed by atoms with Crippen LogP contribution in [-0.4, -0.2) is 47.0 Å². The van der Waals surface area contributed by atoms with Crippen molar-refractivity contribution in [3.8, 4) is 0 Å². The van der Waals surface area contributed by atoms with E-state index in [1.54, 1.807) is 9.80 Å². The highest BCUT2D eigenvalue weighted by atomic mass is 19.4. The van der Waals surface area contributed by atoms with Crippen LogP contribution in [0.25, 0.3) is 0 Å². The Balaban J connectivity index is 1.50. The minimum Gasteiger partial charge on any atom is -0.339 e. The number of halogens is 3. The first-order valence-electron chi connectivity index (χ1n) is 8.39. The zero-order chi connectivity index (χ0) is 18.6. The number of rotatable bonds is 4. The van der Waals surface area contributed by atoms with Crippen molar-refractivity contribution in [2.45, 2.75) is 19.0 Å². The van der Waals surface area contributed by atoms with E-state index in [-0.39, 0.29) is 11.9 Å². The fourth-order valence-corrected chi connectivity index (χ4v) is 2.84. The van der Waals surface area contributed by atoms with Crippen molar-refractivity contribution in [3.05, 3.63) is 53.9 Å². The van der Waals surface area contributed by atoms with Crippen LogP contribution in [0, 0.1) is 0 Å². The summed E-state index contributed by atoms with van der Waals surface area (Å²) in [5.41, 5.74) is 0.258. The summed E-state index contributed by atoms with van der Waals surface area (Å²) in [5.74, 6) is 0.344. The van der Waals surface area contributed by atoms with Gasteiger partial charge in [-0.2, -0.15) is 13.2 Å². The predicted molar refractivity (Wildman–Crippen MR) is 90.6 cm³/mol. The van der Waals surface area contributed by atoms with Crippen LogP contribution < -0.4 is 4.90 Å². The van der Waals surface area contributed by atoms with Crippen LogP contribution in [0.2, 0.25) is 0 Å². The molecule has 0 atom stereocenters. The highest BCUT2D eigenvalue weighted by Crippen LogP contribution is 2.28. The Morgan fingerprint density at radius 1 is 1.00 bits per heavy atom. The van der Waals surface area contributed by atoms with Crippen molar-refractivity contribution >= 4 is 11.9 Å². The SMILES string of the molecule is O=C(CCc1ccccc1)N1CCN(c2ncc(C(F)(F)F)cn2)CC1. The van der Waals surface area contributed by atoms with Crippen molar-refractivity contribution in [2.75, 3.05) is 31.1 Å². The van der Waals surface area contributed by atoms with Crippen LogP contribution in [0.5, 0.6) is 0 Å². The lowest BCUT2D eigenvalue weighted by Crippen LogP contribution is -2.49. The Hall–Kier alpha value is -2.64. The van der Waals surface area contributed by atoms with Gasteiger partial charge in [0.2, 0.25) is 11.9 Å². The highest BCUT2D eigenvalue weighted by Gasteiger charge is 2.32. The quantitative estimate of drug-likeness (QED) is 0.837. The average Bonchev–Trinajstić information content (AvgIpc) is 2.66. The lowest BCUT2D eigenvalue weighted by molar-refractivity contribution is -0.138. The third-order valence-corrected chi connectivity index (χ3v) is 4.35. The van der Waals surface area contributed by atoms with Gasteiger partial charge in [-0.1, -0.05) is 30.3 Å². The maximum atomic E-state index is 12.6. The van der Waals surface area contributed by atoms with E-state index in [9.17, 15) is 18.0 Å². The Labute approximate surface area is 149 Å². The maximum absolute atomic E-state index is 12.6. The molecule has 0 unspecified atom stereocenters. The summed E-state index contributed by atoms with van der Waals surface area (Å²) in [6.45, 7) is 2.03. The molecule has 26 heavy (non-hydrogen) atoms. The van der Waals surface area contributed by atoms with Gasteiger partial charge in [0.25, 0.3) is 0 Å².